The monoisotopic (exact) mass is 269 g/mol. The fourth-order valence-corrected chi connectivity index (χ4v) is 2.55. The number of hydrogen-bond acceptors (Lipinski definition) is 2. The standard InChI is InChI=1S/C16H12ClNO/c1-10-9-18-16-13(6-3-7-14(16)17)15(10)11-4-2-5-12(19)8-11/h2-9,19H,1H3. The Balaban J connectivity index is 2.40. The van der Waals surface area contributed by atoms with E-state index in [9.17, 15) is 5.11 Å². The van der Waals surface area contributed by atoms with Crippen LogP contribution in [-0.4, -0.2) is 10.1 Å². The van der Waals surface area contributed by atoms with E-state index >= 15 is 0 Å². The lowest BCUT2D eigenvalue weighted by atomic mass is 9.97. The lowest BCUT2D eigenvalue weighted by Gasteiger charge is -2.11. The van der Waals surface area contributed by atoms with E-state index in [0.29, 0.717) is 5.02 Å². The second-order valence-electron chi connectivity index (χ2n) is 4.50. The van der Waals surface area contributed by atoms with E-state index in [2.05, 4.69) is 4.98 Å². The highest BCUT2D eigenvalue weighted by molar-refractivity contribution is 6.35. The van der Waals surface area contributed by atoms with Crippen LogP contribution in [0.3, 0.4) is 0 Å². The summed E-state index contributed by atoms with van der Waals surface area (Å²) in [5.74, 6) is 0.254. The summed E-state index contributed by atoms with van der Waals surface area (Å²) in [6.07, 6.45) is 1.81. The number of phenols is 1. The predicted octanol–water partition coefficient (Wildman–Crippen LogP) is 4.57. The number of aromatic nitrogens is 1. The highest BCUT2D eigenvalue weighted by atomic mass is 35.5. The number of rotatable bonds is 1. The maximum Gasteiger partial charge on any atom is 0.116 e. The van der Waals surface area contributed by atoms with Crippen molar-refractivity contribution in [2.24, 2.45) is 0 Å². The van der Waals surface area contributed by atoms with Gasteiger partial charge in [0, 0.05) is 11.6 Å². The molecule has 0 aliphatic rings. The predicted molar refractivity (Wildman–Crippen MR) is 78.6 cm³/mol. The van der Waals surface area contributed by atoms with Gasteiger partial charge in [0.1, 0.15) is 5.75 Å². The van der Waals surface area contributed by atoms with Crippen LogP contribution in [0.2, 0.25) is 5.02 Å². The van der Waals surface area contributed by atoms with Gasteiger partial charge in [0.15, 0.2) is 0 Å². The van der Waals surface area contributed by atoms with E-state index in [1.807, 2.05) is 43.5 Å². The van der Waals surface area contributed by atoms with Gasteiger partial charge in [0.05, 0.1) is 10.5 Å². The lowest BCUT2D eigenvalue weighted by Crippen LogP contribution is -1.89. The summed E-state index contributed by atoms with van der Waals surface area (Å²) in [4.78, 5) is 4.39. The number of pyridine rings is 1. The van der Waals surface area contributed by atoms with Gasteiger partial charge in [0.25, 0.3) is 0 Å². The highest BCUT2D eigenvalue weighted by Crippen LogP contribution is 2.34. The van der Waals surface area contributed by atoms with Crippen molar-refractivity contribution in [2.75, 3.05) is 0 Å². The Bertz CT molecular complexity index is 768. The zero-order chi connectivity index (χ0) is 13.4. The molecule has 0 aliphatic carbocycles. The first kappa shape index (κ1) is 12.0. The second-order valence-corrected chi connectivity index (χ2v) is 4.91. The molecule has 3 aromatic rings. The van der Waals surface area contributed by atoms with Crippen LogP contribution in [-0.2, 0) is 0 Å². The molecule has 0 saturated heterocycles. The third-order valence-corrected chi connectivity index (χ3v) is 3.48. The van der Waals surface area contributed by atoms with Crippen LogP contribution in [0.25, 0.3) is 22.0 Å². The average molecular weight is 270 g/mol. The van der Waals surface area contributed by atoms with Crippen LogP contribution in [0.15, 0.2) is 48.7 Å². The summed E-state index contributed by atoms with van der Waals surface area (Å²) in [6, 6.07) is 13.0. The Morgan fingerprint density at radius 3 is 2.68 bits per heavy atom. The number of benzene rings is 2. The van der Waals surface area contributed by atoms with E-state index in [4.69, 9.17) is 11.6 Å². The molecule has 0 spiro atoms. The van der Waals surface area contributed by atoms with Crippen LogP contribution in [0.4, 0.5) is 0 Å². The first-order valence-corrected chi connectivity index (χ1v) is 6.38. The van der Waals surface area contributed by atoms with Gasteiger partial charge in [-0.25, -0.2) is 0 Å². The van der Waals surface area contributed by atoms with Gasteiger partial charge in [-0.3, -0.25) is 4.98 Å². The van der Waals surface area contributed by atoms with Crippen molar-refractivity contribution in [1.82, 2.24) is 4.98 Å². The number of halogens is 1. The van der Waals surface area contributed by atoms with Gasteiger partial charge < -0.3 is 5.11 Å². The molecule has 3 heteroatoms. The van der Waals surface area contributed by atoms with Crippen molar-refractivity contribution >= 4 is 22.5 Å². The molecular weight excluding hydrogens is 258 g/mol. The molecule has 0 aliphatic heterocycles. The third-order valence-electron chi connectivity index (χ3n) is 3.17. The van der Waals surface area contributed by atoms with Gasteiger partial charge in [0.2, 0.25) is 0 Å². The molecule has 0 bridgehead atoms. The molecule has 0 saturated carbocycles. The molecule has 2 nitrogen and oxygen atoms in total. The minimum atomic E-state index is 0.254. The Morgan fingerprint density at radius 2 is 1.89 bits per heavy atom. The van der Waals surface area contributed by atoms with E-state index in [0.717, 1.165) is 27.6 Å². The molecule has 0 unspecified atom stereocenters. The normalized spacial score (nSPS) is 10.8. The van der Waals surface area contributed by atoms with Gasteiger partial charge in [-0.15, -0.1) is 0 Å². The molecule has 2 aromatic carbocycles. The highest BCUT2D eigenvalue weighted by Gasteiger charge is 2.10. The van der Waals surface area contributed by atoms with Crippen molar-refractivity contribution in [3.05, 3.63) is 59.2 Å². The molecule has 19 heavy (non-hydrogen) atoms. The molecule has 0 radical (unpaired) electrons. The quantitative estimate of drug-likeness (QED) is 0.702. The largest absolute Gasteiger partial charge is 0.508 e. The Labute approximate surface area is 116 Å². The van der Waals surface area contributed by atoms with Crippen LogP contribution < -0.4 is 0 Å². The van der Waals surface area contributed by atoms with Crippen LogP contribution in [0.1, 0.15) is 5.56 Å². The zero-order valence-electron chi connectivity index (χ0n) is 10.4. The van der Waals surface area contributed by atoms with E-state index in [1.54, 1.807) is 12.1 Å². The van der Waals surface area contributed by atoms with Crippen LogP contribution in [0, 0.1) is 6.92 Å². The number of fused-ring (bicyclic) bond motifs is 1. The van der Waals surface area contributed by atoms with Gasteiger partial charge in [-0.05, 0) is 41.8 Å². The summed E-state index contributed by atoms with van der Waals surface area (Å²) in [7, 11) is 0. The van der Waals surface area contributed by atoms with Crippen molar-refractivity contribution in [1.29, 1.82) is 0 Å². The third kappa shape index (κ3) is 2.04. The zero-order valence-corrected chi connectivity index (χ0v) is 11.1. The van der Waals surface area contributed by atoms with Crippen LogP contribution in [0.5, 0.6) is 5.75 Å². The smallest absolute Gasteiger partial charge is 0.116 e. The lowest BCUT2D eigenvalue weighted by molar-refractivity contribution is 0.475. The van der Waals surface area contributed by atoms with Crippen molar-refractivity contribution in [2.45, 2.75) is 6.92 Å². The van der Waals surface area contributed by atoms with Crippen molar-refractivity contribution in [3.8, 4) is 16.9 Å². The van der Waals surface area contributed by atoms with Crippen molar-refractivity contribution in [3.63, 3.8) is 0 Å². The van der Waals surface area contributed by atoms with Crippen molar-refractivity contribution < 1.29 is 5.11 Å². The molecule has 0 atom stereocenters. The van der Waals surface area contributed by atoms with Crippen LogP contribution >= 0.6 is 11.6 Å². The number of aromatic hydroxyl groups is 1. The van der Waals surface area contributed by atoms with Gasteiger partial charge in [-0.1, -0.05) is 35.9 Å². The summed E-state index contributed by atoms with van der Waals surface area (Å²) in [5, 5.41) is 11.3. The summed E-state index contributed by atoms with van der Waals surface area (Å²) >= 11 is 6.19. The molecule has 1 heterocycles. The fourth-order valence-electron chi connectivity index (χ4n) is 2.33. The minimum Gasteiger partial charge on any atom is -0.508 e. The second kappa shape index (κ2) is 4.56. The van der Waals surface area contributed by atoms with E-state index < -0.39 is 0 Å². The molecule has 94 valence electrons. The Morgan fingerprint density at radius 1 is 1.11 bits per heavy atom. The first-order valence-electron chi connectivity index (χ1n) is 6.00. The molecule has 1 aromatic heterocycles. The molecule has 0 amide bonds. The Hall–Kier alpha value is -2.06. The summed E-state index contributed by atoms with van der Waals surface area (Å²) < 4.78 is 0. The molecule has 0 fully saturated rings. The number of phenolic OH excluding ortho intramolecular Hbond substituents is 1. The SMILES string of the molecule is Cc1cnc2c(Cl)cccc2c1-c1cccc(O)c1. The number of hydrogen-bond donors (Lipinski definition) is 1. The fraction of sp³-hybridized carbons (Fsp3) is 0.0625. The number of para-hydroxylation sites is 1. The molecule has 1 N–H and O–H groups in total. The molecular formula is C16H12ClNO. The number of nitrogens with zero attached hydrogens (tertiary/aromatic N) is 1. The summed E-state index contributed by atoms with van der Waals surface area (Å²) in [5.41, 5.74) is 3.86. The van der Waals surface area contributed by atoms with Gasteiger partial charge >= 0.3 is 0 Å². The minimum absolute atomic E-state index is 0.254. The number of aryl methyl sites for hydroxylation is 1. The van der Waals surface area contributed by atoms with Gasteiger partial charge in [-0.2, -0.15) is 0 Å². The first-order chi connectivity index (χ1) is 9.16. The average Bonchev–Trinajstić information content (AvgIpc) is 2.38. The maximum absolute atomic E-state index is 9.65. The van der Waals surface area contributed by atoms with E-state index in [1.165, 1.54) is 0 Å². The topological polar surface area (TPSA) is 33.1 Å². The summed E-state index contributed by atoms with van der Waals surface area (Å²) in [6.45, 7) is 2.01. The molecule has 3 rings (SSSR count). The Kier molecular flexibility index (Phi) is 2.88. The maximum atomic E-state index is 9.65. The van der Waals surface area contributed by atoms with E-state index in [-0.39, 0.29) is 5.75 Å².